The topological polar surface area (TPSA) is 75.4 Å². The van der Waals surface area contributed by atoms with Crippen molar-refractivity contribution in [3.8, 4) is 0 Å². The number of carbonyl (C=O) groups excluding carboxylic acids is 2. The van der Waals surface area contributed by atoms with E-state index >= 15 is 0 Å². The summed E-state index contributed by atoms with van der Waals surface area (Å²) in [6.45, 7) is 10.8. The standard InChI is InChI=1S/C19H31N3O2/c1-13(2)16(18(24)22(6)12-19(4,5)11-20)21-17(23)15-10-8-7-9-14(15)3/h7-10,13,16H,11-12,20H2,1-6H3,(H,21,23). The molecule has 0 aliphatic carbocycles. The van der Waals surface area contributed by atoms with Crippen LogP contribution >= 0.6 is 0 Å². The van der Waals surface area contributed by atoms with Crippen LogP contribution in [0.5, 0.6) is 0 Å². The molecule has 0 radical (unpaired) electrons. The van der Waals surface area contributed by atoms with Crippen molar-refractivity contribution in [3.63, 3.8) is 0 Å². The Morgan fingerprint density at radius 3 is 2.33 bits per heavy atom. The molecule has 0 heterocycles. The molecule has 24 heavy (non-hydrogen) atoms. The number of amides is 2. The van der Waals surface area contributed by atoms with Gasteiger partial charge in [-0.1, -0.05) is 45.9 Å². The summed E-state index contributed by atoms with van der Waals surface area (Å²) in [4.78, 5) is 27.0. The third kappa shape index (κ3) is 5.34. The van der Waals surface area contributed by atoms with Gasteiger partial charge in [-0.25, -0.2) is 0 Å². The first-order valence-electron chi connectivity index (χ1n) is 8.40. The maximum absolute atomic E-state index is 12.8. The number of likely N-dealkylation sites (N-methyl/N-ethyl adjacent to an activating group) is 1. The Hall–Kier alpha value is -1.88. The van der Waals surface area contributed by atoms with Gasteiger partial charge in [-0.05, 0) is 36.4 Å². The molecule has 3 N–H and O–H groups in total. The zero-order valence-corrected chi connectivity index (χ0v) is 15.7. The lowest BCUT2D eigenvalue weighted by atomic mass is 9.92. The van der Waals surface area contributed by atoms with Gasteiger partial charge >= 0.3 is 0 Å². The number of benzene rings is 1. The lowest BCUT2D eigenvalue weighted by Crippen LogP contribution is -2.52. The molecule has 0 saturated carbocycles. The number of hydrogen-bond donors (Lipinski definition) is 2. The van der Waals surface area contributed by atoms with Crippen molar-refractivity contribution in [1.29, 1.82) is 0 Å². The molecule has 0 aromatic heterocycles. The molecule has 0 spiro atoms. The molecule has 0 fully saturated rings. The molecule has 0 saturated heterocycles. The average Bonchev–Trinajstić information content (AvgIpc) is 2.51. The number of aryl methyl sites for hydroxylation is 1. The molecule has 134 valence electrons. The maximum atomic E-state index is 12.8. The fraction of sp³-hybridized carbons (Fsp3) is 0.579. The third-order valence-electron chi connectivity index (χ3n) is 4.20. The molecule has 5 nitrogen and oxygen atoms in total. The van der Waals surface area contributed by atoms with Gasteiger partial charge in [0.05, 0.1) is 0 Å². The Morgan fingerprint density at radius 2 is 1.83 bits per heavy atom. The Kier molecular flexibility index (Phi) is 6.96. The minimum absolute atomic E-state index is 0.00564. The minimum atomic E-state index is -0.560. The van der Waals surface area contributed by atoms with Gasteiger partial charge in [0, 0.05) is 19.2 Å². The van der Waals surface area contributed by atoms with E-state index in [2.05, 4.69) is 5.32 Å². The van der Waals surface area contributed by atoms with Crippen LogP contribution in [0.4, 0.5) is 0 Å². The fourth-order valence-electron chi connectivity index (χ4n) is 2.58. The second kappa shape index (κ2) is 8.29. The van der Waals surface area contributed by atoms with Gasteiger partial charge in [0.1, 0.15) is 6.04 Å². The van der Waals surface area contributed by atoms with Crippen LogP contribution in [0.2, 0.25) is 0 Å². The Bertz CT molecular complexity index is 582. The van der Waals surface area contributed by atoms with Crippen LogP contribution in [0.1, 0.15) is 43.6 Å². The molecule has 0 aliphatic rings. The van der Waals surface area contributed by atoms with Gasteiger partial charge in [-0.3, -0.25) is 9.59 Å². The number of hydrogen-bond acceptors (Lipinski definition) is 3. The van der Waals surface area contributed by atoms with Gasteiger partial charge in [-0.15, -0.1) is 0 Å². The van der Waals surface area contributed by atoms with E-state index in [1.165, 1.54) is 0 Å². The van der Waals surface area contributed by atoms with Gasteiger partial charge in [0.15, 0.2) is 0 Å². The molecule has 1 atom stereocenters. The molecule has 1 aromatic rings. The van der Waals surface area contributed by atoms with Crippen LogP contribution in [0, 0.1) is 18.3 Å². The van der Waals surface area contributed by atoms with E-state index in [1.54, 1.807) is 18.0 Å². The lowest BCUT2D eigenvalue weighted by Gasteiger charge is -2.33. The molecule has 2 amide bonds. The van der Waals surface area contributed by atoms with Gasteiger partial charge in [0.2, 0.25) is 5.91 Å². The van der Waals surface area contributed by atoms with Gasteiger partial charge < -0.3 is 16.0 Å². The highest BCUT2D eigenvalue weighted by Gasteiger charge is 2.30. The molecule has 0 bridgehead atoms. The van der Waals surface area contributed by atoms with Crippen LogP contribution in [-0.4, -0.2) is 42.9 Å². The molecule has 5 heteroatoms. The summed E-state index contributed by atoms with van der Waals surface area (Å²) in [6, 6.07) is 6.81. The zero-order chi connectivity index (χ0) is 18.5. The van der Waals surface area contributed by atoms with Crippen molar-refractivity contribution >= 4 is 11.8 Å². The monoisotopic (exact) mass is 333 g/mol. The second-order valence-corrected chi connectivity index (χ2v) is 7.57. The minimum Gasteiger partial charge on any atom is -0.343 e. The van der Waals surface area contributed by atoms with Crippen LogP contribution in [-0.2, 0) is 4.79 Å². The summed E-state index contributed by atoms with van der Waals surface area (Å²) in [7, 11) is 1.76. The smallest absolute Gasteiger partial charge is 0.252 e. The molecule has 0 aliphatic heterocycles. The van der Waals surface area contributed by atoms with Crippen LogP contribution in [0.3, 0.4) is 0 Å². The highest BCUT2D eigenvalue weighted by Crippen LogP contribution is 2.16. The fourth-order valence-corrected chi connectivity index (χ4v) is 2.58. The molecular weight excluding hydrogens is 302 g/mol. The predicted octanol–water partition coefficient (Wildman–Crippen LogP) is 2.19. The van der Waals surface area contributed by atoms with Crippen LogP contribution in [0.15, 0.2) is 24.3 Å². The van der Waals surface area contributed by atoms with Crippen molar-refractivity contribution in [2.75, 3.05) is 20.1 Å². The van der Waals surface area contributed by atoms with E-state index in [1.807, 2.05) is 52.8 Å². The first-order chi connectivity index (χ1) is 11.1. The van der Waals surface area contributed by atoms with Crippen LogP contribution < -0.4 is 11.1 Å². The highest BCUT2D eigenvalue weighted by atomic mass is 16.2. The van der Waals surface area contributed by atoms with E-state index < -0.39 is 6.04 Å². The zero-order valence-electron chi connectivity index (χ0n) is 15.7. The summed E-state index contributed by atoms with van der Waals surface area (Å²) < 4.78 is 0. The quantitative estimate of drug-likeness (QED) is 0.803. The first-order valence-corrected chi connectivity index (χ1v) is 8.40. The number of nitrogens with two attached hydrogens (primary N) is 1. The summed E-state index contributed by atoms with van der Waals surface area (Å²) in [5, 5.41) is 2.90. The van der Waals surface area contributed by atoms with E-state index in [9.17, 15) is 9.59 Å². The Balaban J connectivity index is 2.89. The normalized spacial score (nSPS) is 12.8. The number of rotatable bonds is 7. The van der Waals surface area contributed by atoms with Crippen molar-refractivity contribution in [1.82, 2.24) is 10.2 Å². The number of nitrogens with zero attached hydrogens (tertiary/aromatic N) is 1. The van der Waals surface area contributed by atoms with Gasteiger partial charge in [0.25, 0.3) is 5.91 Å². The predicted molar refractivity (Wildman–Crippen MR) is 97.7 cm³/mol. The Morgan fingerprint density at radius 1 is 1.25 bits per heavy atom. The number of carbonyl (C=O) groups is 2. The highest BCUT2D eigenvalue weighted by molar-refractivity contribution is 5.98. The van der Waals surface area contributed by atoms with E-state index in [0.29, 0.717) is 18.7 Å². The summed E-state index contributed by atoms with van der Waals surface area (Å²) in [6.07, 6.45) is 0. The van der Waals surface area contributed by atoms with Crippen molar-refractivity contribution in [2.45, 2.75) is 40.7 Å². The Labute approximate surface area is 145 Å². The van der Waals surface area contributed by atoms with Crippen molar-refractivity contribution in [2.24, 2.45) is 17.1 Å². The molecule has 1 aromatic carbocycles. The largest absolute Gasteiger partial charge is 0.343 e. The number of nitrogens with one attached hydrogen (secondary N) is 1. The van der Waals surface area contributed by atoms with Crippen molar-refractivity contribution in [3.05, 3.63) is 35.4 Å². The summed E-state index contributed by atoms with van der Waals surface area (Å²) in [5.41, 5.74) is 7.08. The molecule has 1 rings (SSSR count). The van der Waals surface area contributed by atoms with Crippen molar-refractivity contribution < 1.29 is 9.59 Å². The molecule has 1 unspecified atom stereocenters. The average molecular weight is 333 g/mol. The first kappa shape index (κ1) is 20.2. The maximum Gasteiger partial charge on any atom is 0.252 e. The van der Waals surface area contributed by atoms with E-state index in [0.717, 1.165) is 5.56 Å². The SMILES string of the molecule is Cc1ccccc1C(=O)NC(C(=O)N(C)CC(C)(C)CN)C(C)C. The van der Waals surface area contributed by atoms with E-state index in [-0.39, 0.29) is 23.1 Å². The van der Waals surface area contributed by atoms with E-state index in [4.69, 9.17) is 5.73 Å². The summed E-state index contributed by atoms with van der Waals surface area (Å²) >= 11 is 0. The molecular formula is C19H31N3O2. The second-order valence-electron chi connectivity index (χ2n) is 7.57. The lowest BCUT2D eigenvalue weighted by molar-refractivity contribution is -0.134. The van der Waals surface area contributed by atoms with Gasteiger partial charge in [-0.2, -0.15) is 0 Å². The summed E-state index contributed by atoms with van der Waals surface area (Å²) in [5.74, 6) is -0.311. The van der Waals surface area contributed by atoms with Crippen LogP contribution in [0.25, 0.3) is 0 Å². The third-order valence-corrected chi connectivity index (χ3v) is 4.20.